The van der Waals surface area contributed by atoms with E-state index in [2.05, 4.69) is 6.07 Å². The highest BCUT2D eigenvalue weighted by molar-refractivity contribution is 7.11. The number of thiazole rings is 1. The molecule has 4 nitrogen and oxygen atoms in total. The lowest BCUT2D eigenvalue weighted by atomic mass is 9.87. The molecule has 1 aromatic carbocycles. The molecule has 0 radical (unpaired) electrons. The molecule has 0 aliphatic heterocycles. The van der Waals surface area contributed by atoms with Crippen LogP contribution in [-0.4, -0.2) is 10.4 Å². The standard InChI is InChI=1S/C22H20N2O2S2/c1-14-8-5-6-10-17(14)24-20(26)18(12-15-9-7-11-27-15)28-21(24)16(13-23)19(25)22(2,3)4/h5-12H,1-4H3/b18-12+,21-16-. The van der Waals surface area contributed by atoms with Crippen LogP contribution in [0.25, 0.3) is 17.3 Å². The number of hydrogen-bond acceptors (Lipinski definition) is 5. The fraction of sp³-hybridized carbons (Fsp3) is 0.227. The maximum absolute atomic E-state index is 13.3. The van der Waals surface area contributed by atoms with E-state index in [-0.39, 0.29) is 16.9 Å². The van der Waals surface area contributed by atoms with E-state index < -0.39 is 5.41 Å². The Labute approximate surface area is 171 Å². The van der Waals surface area contributed by atoms with Crippen molar-refractivity contribution in [3.63, 3.8) is 0 Å². The molecule has 0 aliphatic carbocycles. The van der Waals surface area contributed by atoms with Crippen molar-refractivity contribution in [1.29, 1.82) is 5.26 Å². The van der Waals surface area contributed by atoms with Crippen LogP contribution >= 0.6 is 22.7 Å². The van der Waals surface area contributed by atoms with Gasteiger partial charge in [-0.1, -0.05) is 45.0 Å². The lowest BCUT2D eigenvalue weighted by molar-refractivity contribution is -0.120. The minimum Gasteiger partial charge on any atom is -0.293 e. The van der Waals surface area contributed by atoms with E-state index in [1.54, 1.807) is 20.8 Å². The molecule has 2 heterocycles. The molecule has 0 fully saturated rings. The minimum atomic E-state index is -0.723. The number of benzene rings is 1. The maximum atomic E-state index is 13.3. The Balaban J connectivity index is 2.48. The monoisotopic (exact) mass is 408 g/mol. The quantitative estimate of drug-likeness (QED) is 0.667. The van der Waals surface area contributed by atoms with Crippen molar-refractivity contribution in [2.24, 2.45) is 5.41 Å². The average Bonchev–Trinajstić information content (AvgIpc) is 3.25. The molecule has 0 amide bonds. The first-order valence-corrected chi connectivity index (χ1v) is 10.5. The normalized spacial score (nSPS) is 13.3. The van der Waals surface area contributed by atoms with Crippen molar-refractivity contribution in [3.8, 4) is 11.8 Å². The summed E-state index contributed by atoms with van der Waals surface area (Å²) in [5.74, 6) is -0.277. The van der Waals surface area contributed by atoms with Crippen LogP contribution in [0, 0.1) is 23.7 Å². The molecule has 0 N–H and O–H groups in total. The number of aromatic nitrogens is 1. The van der Waals surface area contributed by atoms with Crippen LogP contribution in [-0.2, 0) is 4.79 Å². The van der Waals surface area contributed by atoms with Gasteiger partial charge in [0.05, 0.1) is 10.2 Å². The SMILES string of the molecule is Cc1ccccc1-n1c(=O)/c(=C\c2cccs2)s/c1=C(/C#N)C(=O)C(C)(C)C. The summed E-state index contributed by atoms with van der Waals surface area (Å²) in [6.45, 7) is 7.23. The topological polar surface area (TPSA) is 62.9 Å². The number of carbonyl (C=O) groups is 1. The smallest absolute Gasteiger partial charge is 0.273 e. The van der Waals surface area contributed by atoms with Gasteiger partial charge in [0.15, 0.2) is 5.78 Å². The molecule has 0 saturated carbocycles. The predicted octanol–water partition coefficient (Wildman–Crippen LogP) is 3.39. The largest absolute Gasteiger partial charge is 0.293 e. The van der Waals surface area contributed by atoms with Gasteiger partial charge in [0.1, 0.15) is 16.3 Å². The Hall–Kier alpha value is -2.75. The number of ketones is 1. The molecule has 0 unspecified atom stereocenters. The first-order valence-electron chi connectivity index (χ1n) is 8.76. The summed E-state index contributed by atoms with van der Waals surface area (Å²) in [5.41, 5.74) is 0.644. The summed E-state index contributed by atoms with van der Waals surface area (Å²) in [5, 5.41) is 11.7. The number of aryl methyl sites for hydroxylation is 1. The number of nitriles is 1. The molecule has 142 valence electrons. The van der Waals surface area contributed by atoms with Crippen LogP contribution in [0.2, 0.25) is 0 Å². The third-order valence-corrected chi connectivity index (χ3v) is 6.14. The highest BCUT2D eigenvalue weighted by atomic mass is 32.1. The number of carbonyl (C=O) groups excluding carboxylic acids is 1. The Morgan fingerprint density at radius 1 is 1.18 bits per heavy atom. The summed E-state index contributed by atoms with van der Waals surface area (Å²) in [7, 11) is 0. The zero-order chi connectivity index (χ0) is 20.5. The van der Waals surface area contributed by atoms with Gasteiger partial charge in [0, 0.05) is 10.3 Å². The zero-order valence-electron chi connectivity index (χ0n) is 16.1. The molecule has 6 heteroatoms. The summed E-state index contributed by atoms with van der Waals surface area (Å²) >= 11 is 2.72. The van der Waals surface area contributed by atoms with Crippen LogP contribution in [0.3, 0.4) is 0 Å². The first kappa shape index (κ1) is 20.0. The number of para-hydroxylation sites is 1. The summed E-state index contributed by atoms with van der Waals surface area (Å²) in [4.78, 5) is 27.1. The molecular weight excluding hydrogens is 388 g/mol. The Morgan fingerprint density at radius 2 is 1.89 bits per heavy atom. The molecule has 3 rings (SSSR count). The van der Waals surface area contributed by atoms with Gasteiger partial charge in [-0.2, -0.15) is 5.26 Å². The van der Waals surface area contributed by atoms with Crippen molar-refractivity contribution < 1.29 is 4.79 Å². The van der Waals surface area contributed by atoms with Crippen molar-refractivity contribution in [3.05, 3.63) is 71.8 Å². The molecule has 0 spiro atoms. The van der Waals surface area contributed by atoms with Crippen LogP contribution < -0.4 is 14.8 Å². The van der Waals surface area contributed by atoms with E-state index >= 15 is 0 Å². The number of rotatable bonds is 3. The second kappa shape index (κ2) is 7.70. The number of nitrogens with zero attached hydrogens (tertiary/aromatic N) is 2. The van der Waals surface area contributed by atoms with E-state index in [1.807, 2.05) is 54.8 Å². The molecule has 2 aromatic heterocycles. The van der Waals surface area contributed by atoms with E-state index in [0.29, 0.717) is 14.9 Å². The predicted molar refractivity (Wildman–Crippen MR) is 115 cm³/mol. The fourth-order valence-corrected chi connectivity index (χ4v) is 4.57. The highest BCUT2D eigenvalue weighted by Gasteiger charge is 2.27. The van der Waals surface area contributed by atoms with Crippen molar-refractivity contribution in [2.75, 3.05) is 0 Å². The van der Waals surface area contributed by atoms with Crippen LogP contribution in [0.5, 0.6) is 0 Å². The highest BCUT2D eigenvalue weighted by Crippen LogP contribution is 2.20. The third kappa shape index (κ3) is 3.77. The lowest BCUT2D eigenvalue weighted by Gasteiger charge is -2.15. The van der Waals surface area contributed by atoms with Gasteiger partial charge in [0.25, 0.3) is 5.56 Å². The maximum Gasteiger partial charge on any atom is 0.273 e. The van der Waals surface area contributed by atoms with Crippen molar-refractivity contribution in [1.82, 2.24) is 4.57 Å². The number of thiophene rings is 1. The molecule has 0 atom stereocenters. The molecule has 0 bridgehead atoms. The molecule has 28 heavy (non-hydrogen) atoms. The number of hydrogen-bond donors (Lipinski definition) is 0. The Bertz CT molecular complexity index is 1250. The van der Waals surface area contributed by atoms with Gasteiger partial charge in [-0.05, 0) is 36.1 Å². The average molecular weight is 409 g/mol. The number of Topliss-reactive ketones (excluding diaryl/α,β-unsaturated/α-hetero) is 1. The fourth-order valence-electron chi connectivity index (χ4n) is 2.76. The molecular formula is C22H20N2O2S2. The van der Waals surface area contributed by atoms with E-state index in [9.17, 15) is 14.9 Å². The molecule has 0 aliphatic rings. The van der Waals surface area contributed by atoms with Gasteiger partial charge in [0.2, 0.25) is 0 Å². The van der Waals surface area contributed by atoms with Crippen LogP contribution in [0.4, 0.5) is 0 Å². The third-order valence-electron chi connectivity index (χ3n) is 4.23. The summed E-state index contributed by atoms with van der Waals surface area (Å²) in [6.07, 6.45) is 1.81. The van der Waals surface area contributed by atoms with Crippen molar-refractivity contribution >= 4 is 40.1 Å². The van der Waals surface area contributed by atoms with E-state index in [4.69, 9.17) is 0 Å². The van der Waals surface area contributed by atoms with Crippen molar-refractivity contribution in [2.45, 2.75) is 27.7 Å². The lowest BCUT2D eigenvalue weighted by Crippen LogP contribution is -2.33. The van der Waals surface area contributed by atoms with Gasteiger partial charge >= 0.3 is 0 Å². The van der Waals surface area contributed by atoms with Gasteiger partial charge in [-0.3, -0.25) is 14.2 Å². The van der Waals surface area contributed by atoms with Gasteiger partial charge in [-0.15, -0.1) is 22.7 Å². The second-order valence-electron chi connectivity index (χ2n) is 7.42. The summed E-state index contributed by atoms with van der Waals surface area (Å²) < 4.78 is 2.38. The van der Waals surface area contributed by atoms with Gasteiger partial charge < -0.3 is 0 Å². The van der Waals surface area contributed by atoms with Crippen LogP contribution in [0.1, 0.15) is 31.2 Å². The molecule has 0 saturated heterocycles. The van der Waals surface area contributed by atoms with E-state index in [1.165, 1.54) is 27.2 Å². The Morgan fingerprint density at radius 3 is 2.46 bits per heavy atom. The minimum absolute atomic E-state index is 0.0173. The van der Waals surface area contributed by atoms with E-state index in [0.717, 1.165) is 10.4 Å². The zero-order valence-corrected chi connectivity index (χ0v) is 17.8. The van der Waals surface area contributed by atoms with Gasteiger partial charge in [-0.25, -0.2) is 0 Å². The Kier molecular flexibility index (Phi) is 5.50. The van der Waals surface area contributed by atoms with Crippen LogP contribution in [0.15, 0.2) is 46.6 Å². The second-order valence-corrected chi connectivity index (χ2v) is 9.43. The summed E-state index contributed by atoms with van der Waals surface area (Å²) in [6, 6.07) is 13.4. The first-order chi connectivity index (χ1) is 13.2. The molecule has 3 aromatic rings.